The molecule has 6 heteroatoms. The van der Waals surface area contributed by atoms with E-state index >= 15 is 0 Å². The Kier molecular flexibility index (Phi) is 2.77. The summed E-state index contributed by atoms with van der Waals surface area (Å²) in [4.78, 5) is 13.7. The van der Waals surface area contributed by atoms with Crippen molar-refractivity contribution in [2.75, 3.05) is 5.73 Å². The molecule has 0 aliphatic carbocycles. The Balaban J connectivity index is 3.28. The van der Waals surface area contributed by atoms with Crippen molar-refractivity contribution in [2.45, 2.75) is 6.43 Å². The highest BCUT2D eigenvalue weighted by molar-refractivity contribution is 6.32. The van der Waals surface area contributed by atoms with E-state index in [4.69, 9.17) is 17.3 Å². The predicted molar refractivity (Wildman–Crippen MR) is 44.0 cm³/mol. The van der Waals surface area contributed by atoms with Gasteiger partial charge < -0.3 is 5.73 Å². The number of carbonyl (C=O) groups is 1. The van der Waals surface area contributed by atoms with Crippen molar-refractivity contribution in [3.8, 4) is 0 Å². The summed E-state index contributed by atoms with van der Waals surface area (Å²) in [5, 5.41) is -0.125. The van der Waals surface area contributed by atoms with Gasteiger partial charge in [-0.3, -0.25) is 4.79 Å². The number of nitrogen functional groups attached to an aromatic ring is 1. The molecule has 2 N–H and O–H groups in total. The Hall–Kier alpha value is -1.23. The van der Waals surface area contributed by atoms with Gasteiger partial charge in [-0.15, -0.1) is 0 Å². The Morgan fingerprint density at radius 3 is 2.69 bits per heavy atom. The van der Waals surface area contributed by atoms with Crippen LogP contribution in [0, 0.1) is 0 Å². The highest BCUT2D eigenvalue weighted by Crippen LogP contribution is 2.27. The molecule has 1 aromatic heterocycles. The number of hydrogen-bond acceptors (Lipinski definition) is 3. The first-order valence-electron chi connectivity index (χ1n) is 3.25. The van der Waals surface area contributed by atoms with E-state index in [0.717, 1.165) is 6.07 Å². The van der Waals surface area contributed by atoms with Gasteiger partial charge >= 0.3 is 0 Å². The average molecular weight is 207 g/mol. The molecular formula is C7H5ClF2N2O. The molecule has 0 aromatic carbocycles. The second-order valence-electron chi connectivity index (χ2n) is 2.25. The maximum absolute atomic E-state index is 12.2. The van der Waals surface area contributed by atoms with Crippen molar-refractivity contribution in [3.63, 3.8) is 0 Å². The van der Waals surface area contributed by atoms with Crippen molar-refractivity contribution in [3.05, 3.63) is 22.3 Å². The zero-order valence-corrected chi connectivity index (χ0v) is 7.05. The fourth-order valence-electron chi connectivity index (χ4n) is 0.790. The van der Waals surface area contributed by atoms with Gasteiger partial charge in [0.15, 0.2) is 6.29 Å². The molecular weight excluding hydrogens is 202 g/mol. The molecule has 0 radical (unpaired) electrons. The second-order valence-corrected chi connectivity index (χ2v) is 2.66. The van der Waals surface area contributed by atoms with Gasteiger partial charge in [0.25, 0.3) is 6.43 Å². The summed E-state index contributed by atoms with van der Waals surface area (Å²) in [5.74, 6) is -0.374. The number of nitrogens with zero attached hydrogens (tertiary/aromatic N) is 1. The molecule has 1 heterocycles. The van der Waals surface area contributed by atoms with E-state index in [9.17, 15) is 13.6 Å². The van der Waals surface area contributed by atoms with E-state index in [1.54, 1.807) is 0 Å². The molecule has 0 saturated heterocycles. The molecule has 0 saturated carbocycles. The normalized spacial score (nSPS) is 10.5. The largest absolute Gasteiger partial charge is 0.383 e. The summed E-state index contributed by atoms with van der Waals surface area (Å²) in [6.07, 6.45) is -2.39. The number of alkyl halides is 2. The van der Waals surface area contributed by atoms with Gasteiger partial charge in [0.2, 0.25) is 0 Å². The third-order valence-corrected chi connectivity index (χ3v) is 1.71. The molecule has 0 unspecified atom stereocenters. The molecule has 1 aromatic rings. The highest BCUT2D eigenvalue weighted by Gasteiger charge is 2.15. The van der Waals surface area contributed by atoms with Gasteiger partial charge in [-0.25, -0.2) is 13.8 Å². The van der Waals surface area contributed by atoms with Crippen LogP contribution in [0.2, 0.25) is 5.02 Å². The third kappa shape index (κ3) is 1.92. The van der Waals surface area contributed by atoms with Crippen molar-refractivity contribution >= 4 is 23.7 Å². The van der Waals surface area contributed by atoms with E-state index in [1.807, 2.05) is 0 Å². The minimum atomic E-state index is -2.74. The van der Waals surface area contributed by atoms with Crippen molar-refractivity contribution < 1.29 is 13.6 Å². The first-order chi connectivity index (χ1) is 6.06. The first-order valence-corrected chi connectivity index (χ1v) is 3.63. The lowest BCUT2D eigenvalue weighted by atomic mass is 10.2. The van der Waals surface area contributed by atoms with Crippen LogP contribution >= 0.6 is 11.6 Å². The van der Waals surface area contributed by atoms with Gasteiger partial charge in [-0.2, -0.15) is 0 Å². The van der Waals surface area contributed by atoms with Gasteiger partial charge in [0, 0.05) is 0 Å². The second kappa shape index (κ2) is 3.66. The van der Waals surface area contributed by atoms with Crippen LogP contribution in [0.3, 0.4) is 0 Å². The molecule has 1 rings (SSSR count). The van der Waals surface area contributed by atoms with Crippen LogP contribution in [0.5, 0.6) is 0 Å². The molecule has 0 aliphatic heterocycles. The zero-order valence-electron chi connectivity index (χ0n) is 6.30. The molecule has 0 amide bonds. The Labute approximate surface area is 77.5 Å². The number of halogens is 3. The van der Waals surface area contributed by atoms with E-state index in [-0.39, 0.29) is 16.5 Å². The van der Waals surface area contributed by atoms with E-state index in [1.165, 1.54) is 0 Å². The average Bonchev–Trinajstić information content (AvgIpc) is 2.07. The van der Waals surface area contributed by atoms with Gasteiger partial charge in [-0.05, 0) is 6.07 Å². The van der Waals surface area contributed by atoms with Crippen molar-refractivity contribution in [2.24, 2.45) is 0 Å². The summed E-state index contributed by atoms with van der Waals surface area (Å²) >= 11 is 5.46. The smallest absolute Gasteiger partial charge is 0.267 e. The molecule has 0 atom stereocenters. The number of aromatic nitrogens is 1. The SMILES string of the molecule is Nc1nc(C=O)c(Cl)cc1C(F)F. The number of anilines is 1. The van der Waals surface area contributed by atoms with E-state index in [0.29, 0.717) is 6.29 Å². The summed E-state index contributed by atoms with van der Waals surface area (Å²) in [6.45, 7) is 0. The lowest BCUT2D eigenvalue weighted by molar-refractivity contribution is 0.111. The number of pyridine rings is 1. The molecule has 3 nitrogen and oxygen atoms in total. The van der Waals surface area contributed by atoms with Crippen LogP contribution in [-0.4, -0.2) is 11.3 Å². The fourth-order valence-corrected chi connectivity index (χ4v) is 0.994. The minimum absolute atomic E-state index is 0.125. The maximum Gasteiger partial charge on any atom is 0.267 e. The molecule has 13 heavy (non-hydrogen) atoms. The summed E-state index contributed by atoms with van der Waals surface area (Å²) < 4.78 is 24.4. The van der Waals surface area contributed by atoms with E-state index < -0.39 is 12.0 Å². The highest BCUT2D eigenvalue weighted by atomic mass is 35.5. The number of rotatable bonds is 2. The lowest BCUT2D eigenvalue weighted by Crippen LogP contribution is -2.01. The summed E-state index contributed by atoms with van der Waals surface area (Å²) in [6, 6.07) is 0.943. The Morgan fingerprint density at radius 1 is 1.62 bits per heavy atom. The number of hydrogen-bond donors (Lipinski definition) is 1. The molecule has 0 spiro atoms. The monoisotopic (exact) mass is 206 g/mol. The van der Waals surface area contributed by atoms with E-state index in [2.05, 4.69) is 4.98 Å². The van der Waals surface area contributed by atoms with Gasteiger partial charge in [0.05, 0.1) is 10.6 Å². The van der Waals surface area contributed by atoms with Crippen LogP contribution in [0.25, 0.3) is 0 Å². The van der Waals surface area contributed by atoms with Crippen molar-refractivity contribution in [1.82, 2.24) is 4.98 Å². The van der Waals surface area contributed by atoms with Crippen LogP contribution in [0.15, 0.2) is 6.07 Å². The van der Waals surface area contributed by atoms with Crippen LogP contribution in [-0.2, 0) is 0 Å². The number of carbonyl (C=O) groups excluding carboxylic acids is 1. The van der Waals surface area contributed by atoms with Crippen LogP contribution in [0.4, 0.5) is 14.6 Å². The van der Waals surface area contributed by atoms with Crippen LogP contribution < -0.4 is 5.73 Å². The molecule has 0 bridgehead atoms. The molecule has 0 aliphatic rings. The third-order valence-electron chi connectivity index (χ3n) is 1.41. The minimum Gasteiger partial charge on any atom is -0.383 e. The maximum atomic E-state index is 12.2. The Bertz CT molecular complexity index is 344. The predicted octanol–water partition coefficient (Wildman–Crippen LogP) is 2.07. The van der Waals surface area contributed by atoms with Crippen LogP contribution in [0.1, 0.15) is 22.5 Å². The zero-order chi connectivity index (χ0) is 10.0. The number of nitrogens with two attached hydrogens (primary N) is 1. The fraction of sp³-hybridized carbons (Fsp3) is 0.143. The quantitative estimate of drug-likeness (QED) is 0.754. The summed E-state index contributed by atoms with van der Waals surface area (Å²) in [5.41, 5.74) is 4.56. The van der Waals surface area contributed by atoms with Gasteiger partial charge in [-0.1, -0.05) is 11.6 Å². The lowest BCUT2D eigenvalue weighted by Gasteiger charge is -2.04. The number of aldehydes is 1. The topological polar surface area (TPSA) is 56.0 Å². The van der Waals surface area contributed by atoms with Crippen molar-refractivity contribution in [1.29, 1.82) is 0 Å². The summed E-state index contributed by atoms with van der Waals surface area (Å²) in [7, 11) is 0. The first kappa shape index (κ1) is 9.85. The standard InChI is InChI=1S/C7H5ClF2N2O/c8-4-1-3(6(9)10)7(11)12-5(4)2-13/h1-2,6H,(H2,11,12). The molecule has 0 fully saturated rings. The van der Waals surface area contributed by atoms with Gasteiger partial charge in [0.1, 0.15) is 11.5 Å². The Morgan fingerprint density at radius 2 is 2.23 bits per heavy atom. The molecule has 70 valence electrons.